The number of aliphatic hydroxyl groups excluding tert-OH is 2. The van der Waals surface area contributed by atoms with Crippen LogP contribution in [0.1, 0.15) is 13.3 Å². The SMILES string of the molecule is CC(=O)C(C[C]=O)OCC(O)CO. The molecule has 0 rings (SSSR count). The largest absolute Gasteiger partial charge is 0.394 e. The molecular formula is C8H13O5. The van der Waals surface area contributed by atoms with Gasteiger partial charge in [0.05, 0.1) is 13.2 Å². The van der Waals surface area contributed by atoms with Crippen LogP contribution in [0.25, 0.3) is 0 Å². The van der Waals surface area contributed by atoms with Gasteiger partial charge in [-0.25, -0.2) is 0 Å². The first-order chi connectivity index (χ1) is 6.11. The molecule has 0 aromatic heterocycles. The highest BCUT2D eigenvalue weighted by molar-refractivity contribution is 5.82. The molecule has 2 unspecified atom stereocenters. The lowest BCUT2D eigenvalue weighted by atomic mass is 10.2. The van der Waals surface area contributed by atoms with Crippen molar-refractivity contribution < 1.29 is 24.5 Å². The first kappa shape index (κ1) is 12.2. The molecule has 13 heavy (non-hydrogen) atoms. The van der Waals surface area contributed by atoms with E-state index in [2.05, 4.69) is 0 Å². The molecule has 0 fully saturated rings. The summed E-state index contributed by atoms with van der Waals surface area (Å²) in [6.45, 7) is 0.686. The predicted octanol–water partition coefficient (Wildman–Crippen LogP) is -1.19. The number of Topliss-reactive ketones (excluding diaryl/α,β-unsaturated/α-hetero) is 1. The lowest BCUT2D eigenvalue weighted by molar-refractivity contribution is -0.130. The van der Waals surface area contributed by atoms with Crippen LogP contribution in [-0.2, 0) is 14.3 Å². The van der Waals surface area contributed by atoms with Crippen LogP contribution in [-0.4, -0.2) is 47.7 Å². The number of ketones is 1. The van der Waals surface area contributed by atoms with Gasteiger partial charge in [-0.1, -0.05) is 0 Å². The molecular weight excluding hydrogens is 176 g/mol. The molecule has 0 aliphatic carbocycles. The summed E-state index contributed by atoms with van der Waals surface area (Å²) in [6, 6.07) is 0. The fourth-order valence-electron chi connectivity index (χ4n) is 0.676. The lowest BCUT2D eigenvalue weighted by Gasteiger charge is -2.13. The Labute approximate surface area is 76.3 Å². The van der Waals surface area contributed by atoms with E-state index in [1.54, 1.807) is 6.29 Å². The third-order valence-corrected chi connectivity index (χ3v) is 1.42. The zero-order valence-corrected chi connectivity index (χ0v) is 7.40. The van der Waals surface area contributed by atoms with Gasteiger partial charge < -0.3 is 14.9 Å². The predicted molar refractivity (Wildman–Crippen MR) is 43.8 cm³/mol. The molecule has 75 valence electrons. The van der Waals surface area contributed by atoms with Crippen molar-refractivity contribution in [1.82, 2.24) is 0 Å². The minimum atomic E-state index is -1.02. The molecule has 0 bridgehead atoms. The fraction of sp³-hybridized carbons (Fsp3) is 0.750. The zero-order valence-electron chi connectivity index (χ0n) is 7.40. The fourth-order valence-corrected chi connectivity index (χ4v) is 0.676. The van der Waals surface area contributed by atoms with Gasteiger partial charge in [-0.2, -0.15) is 0 Å². The highest BCUT2D eigenvalue weighted by Gasteiger charge is 2.16. The van der Waals surface area contributed by atoms with E-state index in [9.17, 15) is 9.59 Å². The Kier molecular flexibility index (Phi) is 6.30. The van der Waals surface area contributed by atoms with Crippen molar-refractivity contribution in [2.75, 3.05) is 13.2 Å². The van der Waals surface area contributed by atoms with Gasteiger partial charge >= 0.3 is 0 Å². The van der Waals surface area contributed by atoms with Crippen molar-refractivity contribution in [2.24, 2.45) is 0 Å². The molecule has 0 aliphatic heterocycles. The van der Waals surface area contributed by atoms with Crippen LogP contribution >= 0.6 is 0 Å². The van der Waals surface area contributed by atoms with E-state index in [1.807, 2.05) is 0 Å². The lowest BCUT2D eigenvalue weighted by Crippen LogP contribution is -2.28. The van der Waals surface area contributed by atoms with Crippen molar-refractivity contribution in [3.8, 4) is 0 Å². The molecule has 5 nitrogen and oxygen atoms in total. The monoisotopic (exact) mass is 189 g/mol. The Morgan fingerprint density at radius 3 is 2.62 bits per heavy atom. The Hall–Kier alpha value is -0.780. The quantitative estimate of drug-likeness (QED) is 0.526. The van der Waals surface area contributed by atoms with Crippen molar-refractivity contribution in [3.05, 3.63) is 0 Å². The first-order valence-electron chi connectivity index (χ1n) is 3.87. The minimum Gasteiger partial charge on any atom is -0.394 e. The number of rotatable bonds is 7. The van der Waals surface area contributed by atoms with Crippen LogP contribution in [0.2, 0.25) is 0 Å². The summed E-state index contributed by atoms with van der Waals surface area (Å²) in [7, 11) is 0. The first-order valence-corrected chi connectivity index (χ1v) is 3.87. The maximum Gasteiger partial charge on any atom is 0.201 e. The van der Waals surface area contributed by atoms with Gasteiger partial charge in [-0.3, -0.25) is 9.59 Å². The van der Waals surface area contributed by atoms with Gasteiger partial charge in [0.1, 0.15) is 12.2 Å². The summed E-state index contributed by atoms with van der Waals surface area (Å²) in [5.41, 5.74) is 0. The molecule has 2 N–H and O–H groups in total. The van der Waals surface area contributed by atoms with Gasteiger partial charge in [0.2, 0.25) is 6.29 Å². The molecule has 5 heteroatoms. The van der Waals surface area contributed by atoms with E-state index in [4.69, 9.17) is 14.9 Å². The molecule has 2 atom stereocenters. The number of ether oxygens (including phenoxy) is 1. The second kappa shape index (κ2) is 6.71. The maximum absolute atomic E-state index is 10.8. The smallest absolute Gasteiger partial charge is 0.201 e. The van der Waals surface area contributed by atoms with E-state index in [0.29, 0.717) is 0 Å². The van der Waals surface area contributed by atoms with Crippen molar-refractivity contribution in [1.29, 1.82) is 0 Å². The van der Waals surface area contributed by atoms with E-state index in [0.717, 1.165) is 0 Å². The minimum absolute atomic E-state index is 0.145. The number of hydrogen-bond acceptors (Lipinski definition) is 5. The Morgan fingerprint density at radius 1 is 1.62 bits per heavy atom. The normalized spacial score (nSPS) is 15.0. The highest BCUT2D eigenvalue weighted by atomic mass is 16.5. The van der Waals surface area contributed by atoms with Crippen LogP contribution in [0, 0.1) is 0 Å². The highest BCUT2D eigenvalue weighted by Crippen LogP contribution is 1.99. The molecule has 0 heterocycles. The Bertz CT molecular complexity index is 168. The number of carbonyl (C=O) groups excluding carboxylic acids is 2. The third-order valence-electron chi connectivity index (χ3n) is 1.42. The molecule has 0 aromatic rings. The second-order valence-electron chi connectivity index (χ2n) is 2.62. The van der Waals surface area contributed by atoms with E-state index in [-0.39, 0.29) is 18.8 Å². The summed E-state index contributed by atoms with van der Waals surface area (Å²) in [4.78, 5) is 20.8. The van der Waals surface area contributed by atoms with Crippen molar-refractivity contribution >= 4 is 12.1 Å². The zero-order chi connectivity index (χ0) is 10.3. The van der Waals surface area contributed by atoms with Crippen molar-refractivity contribution in [2.45, 2.75) is 25.6 Å². The summed E-state index contributed by atoms with van der Waals surface area (Å²) in [5.74, 6) is -0.298. The van der Waals surface area contributed by atoms with Crippen LogP contribution in [0.15, 0.2) is 0 Å². The van der Waals surface area contributed by atoms with Gasteiger partial charge in [-0.05, 0) is 6.92 Å². The topological polar surface area (TPSA) is 83.8 Å². The average Bonchev–Trinajstić information content (AvgIpc) is 2.11. The third kappa shape index (κ3) is 5.46. The maximum atomic E-state index is 10.8. The molecule has 0 spiro atoms. The molecule has 1 radical (unpaired) electrons. The van der Waals surface area contributed by atoms with Crippen LogP contribution in [0.3, 0.4) is 0 Å². The Balaban J connectivity index is 3.81. The van der Waals surface area contributed by atoms with Gasteiger partial charge in [0.15, 0.2) is 5.78 Å². The number of carbonyl (C=O) groups is 1. The van der Waals surface area contributed by atoms with Crippen LogP contribution < -0.4 is 0 Å². The molecule has 0 aromatic carbocycles. The van der Waals surface area contributed by atoms with E-state index < -0.39 is 18.8 Å². The number of hydrogen-bond donors (Lipinski definition) is 2. The average molecular weight is 189 g/mol. The summed E-state index contributed by atoms with van der Waals surface area (Å²) < 4.78 is 4.87. The Morgan fingerprint density at radius 2 is 2.23 bits per heavy atom. The summed E-state index contributed by atoms with van der Waals surface area (Å²) in [6.07, 6.45) is -0.477. The molecule has 0 amide bonds. The van der Waals surface area contributed by atoms with Crippen LogP contribution in [0.5, 0.6) is 0 Å². The van der Waals surface area contributed by atoms with Gasteiger partial charge in [0.25, 0.3) is 0 Å². The second-order valence-corrected chi connectivity index (χ2v) is 2.62. The van der Waals surface area contributed by atoms with E-state index >= 15 is 0 Å². The molecule has 0 saturated heterocycles. The standard InChI is InChI=1S/C8H13O5/c1-6(11)8(2-3-9)13-5-7(12)4-10/h7-8,10,12H,2,4-5H2,1H3. The summed E-state index contributed by atoms with van der Waals surface area (Å²) >= 11 is 0. The van der Waals surface area contributed by atoms with Gasteiger partial charge in [0, 0.05) is 6.42 Å². The van der Waals surface area contributed by atoms with Crippen molar-refractivity contribution in [3.63, 3.8) is 0 Å². The number of aliphatic hydroxyl groups is 2. The molecule has 0 aliphatic rings. The van der Waals surface area contributed by atoms with E-state index in [1.165, 1.54) is 6.92 Å². The van der Waals surface area contributed by atoms with Gasteiger partial charge in [-0.15, -0.1) is 0 Å². The van der Waals surface area contributed by atoms with Crippen LogP contribution in [0.4, 0.5) is 0 Å². The molecule has 0 saturated carbocycles. The summed E-state index contributed by atoms with van der Waals surface area (Å²) in [5, 5.41) is 17.3.